The SMILES string of the molecule is Cc1c[n+](C)c(-c2c3c(c4ccccc4c2C)-n2ccnc2C3)cc1CC(C)(C)C. The number of imidazole rings is 1. The molecule has 0 spiro atoms. The van der Waals surface area contributed by atoms with Gasteiger partial charge in [0.2, 0.25) is 5.69 Å². The van der Waals surface area contributed by atoms with Crippen LogP contribution in [0.25, 0.3) is 27.7 Å². The van der Waals surface area contributed by atoms with Crippen molar-refractivity contribution >= 4 is 10.8 Å². The maximum absolute atomic E-state index is 4.64. The zero-order valence-electron chi connectivity index (χ0n) is 18.9. The van der Waals surface area contributed by atoms with Gasteiger partial charge in [0.25, 0.3) is 0 Å². The quantitative estimate of drug-likeness (QED) is 0.355. The molecule has 2 aromatic carbocycles. The highest BCUT2D eigenvalue weighted by molar-refractivity contribution is 6.00. The van der Waals surface area contributed by atoms with Crippen LogP contribution in [-0.2, 0) is 19.9 Å². The van der Waals surface area contributed by atoms with Crippen molar-refractivity contribution in [2.45, 2.75) is 47.5 Å². The highest BCUT2D eigenvalue weighted by Crippen LogP contribution is 2.42. The molecular formula is C27H30N3+. The summed E-state index contributed by atoms with van der Waals surface area (Å²) in [5, 5.41) is 2.64. The van der Waals surface area contributed by atoms with E-state index in [4.69, 9.17) is 0 Å². The van der Waals surface area contributed by atoms with Gasteiger partial charge in [-0.2, -0.15) is 0 Å². The normalized spacial score (nSPS) is 13.0. The Labute approximate surface area is 179 Å². The summed E-state index contributed by atoms with van der Waals surface area (Å²) in [6.07, 6.45) is 8.27. The second-order valence-corrected chi connectivity index (χ2v) is 9.98. The third kappa shape index (κ3) is 2.87. The average molecular weight is 397 g/mol. The molecule has 0 fully saturated rings. The molecule has 1 aliphatic heterocycles. The number of pyridine rings is 1. The Morgan fingerprint density at radius 1 is 1.10 bits per heavy atom. The Kier molecular flexibility index (Phi) is 4.15. The molecule has 152 valence electrons. The fraction of sp³-hybridized carbons (Fsp3) is 0.333. The standard InChI is InChI=1S/C27H30N3/c1-17-16-29(6)23(13-19(17)15-27(3,4)5)25-18(2)20-9-7-8-10-21(20)26-22(25)14-24-28-11-12-30(24)26/h7-13,16H,14-15H2,1-6H3/q+1. The van der Waals surface area contributed by atoms with Crippen molar-refractivity contribution in [1.29, 1.82) is 0 Å². The van der Waals surface area contributed by atoms with Crippen molar-refractivity contribution in [3.05, 3.63) is 77.0 Å². The lowest BCUT2D eigenvalue weighted by molar-refractivity contribution is -0.660. The van der Waals surface area contributed by atoms with Crippen LogP contribution in [0, 0.1) is 19.3 Å². The highest BCUT2D eigenvalue weighted by atomic mass is 15.1. The maximum Gasteiger partial charge on any atom is 0.213 e. The predicted molar refractivity (Wildman–Crippen MR) is 123 cm³/mol. The zero-order chi connectivity index (χ0) is 21.2. The Balaban J connectivity index is 1.84. The number of nitrogens with zero attached hydrogens (tertiary/aromatic N) is 3. The van der Waals surface area contributed by atoms with Crippen LogP contribution >= 0.6 is 0 Å². The van der Waals surface area contributed by atoms with Gasteiger partial charge in [0, 0.05) is 35.8 Å². The molecule has 0 atom stereocenters. The molecule has 4 aromatic rings. The number of hydrogen-bond acceptors (Lipinski definition) is 1. The number of benzene rings is 2. The van der Waals surface area contributed by atoms with E-state index in [0.29, 0.717) is 0 Å². The monoisotopic (exact) mass is 396 g/mol. The van der Waals surface area contributed by atoms with Gasteiger partial charge in [-0.05, 0) is 47.8 Å². The van der Waals surface area contributed by atoms with Crippen molar-refractivity contribution in [1.82, 2.24) is 9.55 Å². The van der Waals surface area contributed by atoms with E-state index >= 15 is 0 Å². The minimum atomic E-state index is 0.255. The Morgan fingerprint density at radius 3 is 2.57 bits per heavy atom. The maximum atomic E-state index is 4.64. The van der Waals surface area contributed by atoms with E-state index in [0.717, 1.165) is 18.7 Å². The molecule has 1 aliphatic rings. The summed E-state index contributed by atoms with van der Waals surface area (Å²) >= 11 is 0. The number of fused-ring (bicyclic) bond motifs is 5. The molecular weight excluding hydrogens is 366 g/mol. The van der Waals surface area contributed by atoms with Crippen molar-refractivity contribution in [2.24, 2.45) is 12.5 Å². The lowest BCUT2D eigenvalue weighted by atomic mass is 9.85. The predicted octanol–water partition coefficient (Wildman–Crippen LogP) is 5.63. The second kappa shape index (κ2) is 6.53. The van der Waals surface area contributed by atoms with Crippen LogP contribution in [0.4, 0.5) is 0 Å². The van der Waals surface area contributed by atoms with Crippen LogP contribution in [0.15, 0.2) is 48.9 Å². The van der Waals surface area contributed by atoms with Gasteiger partial charge in [-0.15, -0.1) is 0 Å². The summed E-state index contributed by atoms with van der Waals surface area (Å²) in [4.78, 5) is 4.64. The topological polar surface area (TPSA) is 21.7 Å². The van der Waals surface area contributed by atoms with Crippen molar-refractivity contribution in [2.75, 3.05) is 0 Å². The molecule has 0 amide bonds. The molecule has 0 aliphatic carbocycles. The molecule has 3 heteroatoms. The lowest BCUT2D eigenvalue weighted by Crippen LogP contribution is -2.32. The van der Waals surface area contributed by atoms with E-state index in [9.17, 15) is 0 Å². The molecule has 0 unspecified atom stereocenters. The molecule has 30 heavy (non-hydrogen) atoms. The van der Waals surface area contributed by atoms with Gasteiger partial charge in [0.1, 0.15) is 12.9 Å². The fourth-order valence-corrected chi connectivity index (χ4v) is 5.11. The minimum Gasteiger partial charge on any atom is -0.303 e. The highest BCUT2D eigenvalue weighted by Gasteiger charge is 2.30. The largest absolute Gasteiger partial charge is 0.303 e. The Hall–Kier alpha value is -2.94. The summed E-state index contributed by atoms with van der Waals surface area (Å²) in [6, 6.07) is 11.2. The van der Waals surface area contributed by atoms with E-state index in [-0.39, 0.29) is 5.41 Å². The Bertz CT molecular complexity index is 1300. The molecule has 0 N–H and O–H groups in total. The van der Waals surface area contributed by atoms with Crippen LogP contribution < -0.4 is 4.57 Å². The van der Waals surface area contributed by atoms with E-state index < -0.39 is 0 Å². The summed E-state index contributed by atoms with van der Waals surface area (Å²) in [6.45, 7) is 11.5. The summed E-state index contributed by atoms with van der Waals surface area (Å²) in [5.41, 5.74) is 9.78. The van der Waals surface area contributed by atoms with Gasteiger partial charge in [0.15, 0.2) is 6.20 Å². The zero-order valence-corrected chi connectivity index (χ0v) is 18.9. The molecule has 3 nitrogen and oxygen atoms in total. The van der Waals surface area contributed by atoms with Crippen molar-refractivity contribution in [3.8, 4) is 16.9 Å². The first-order chi connectivity index (χ1) is 14.2. The van der Waals surface area contributed by atoms with Gasteiger partial charge in [-0.25, -0.2) is 9.55 Å². The van der Waals surface area contributed by atoms with Gasteiger partial charge in [-0.1, -0.05) is 45.0 Å². The van der Waals surface area contributed by atoms with E-state index in [1.807, 2.05) is 6.20 Å². The fourth-order valence-electron chi connectivity index (χ4n) is 5.11. The number of aryl methyl sites for hydroxylation is 3. The lowest BCUT2D eigenvalue weighted by Gasteiger charge is -2.20. The van der Waals surface area contributed by atoms with Crippen molar-refractivity contribution in [3.63, 3.8) is 0 Å². The van der Waals surface area contributed by atoms with Crippen LogP contribution in [0.3, 0.4) is 0 Å². The van der Waals surface area contributed by atoms with Crippen LogP contribution in [0.2, 0.25) is 0 Å². The third-order valence-corrected chi connectivity index (χ3v) is 6.40. The summed E-state index contributed by atoms with van der Waals surface area (Å²) < 4.78 is 4.59. The van der Waals surface area contributed by atoms with E-state index in [1.54, 1.807) is 0 Å². The Morgan fingerprint density at radius 2 is 1.83 bits per heavy atom. The van der Waals surface area contributed by atoms with Crippen LogP contribution in [-0.4, -0.2) is 9.55 Å². The summed E-state index contributed by atoms with van der Waals surface area (Å²) in [7, 11) is 2.18. The van der Waals surface area contributed by atoms with Gasteiger partial charge >= 0.3 is 0 Å². The van der Waals surface area contributed by atoms with Gasteiger partial charge < -0.3 is 4.57 Å². The van der Waals surface area contributed by atoms with Crippen molar-refractivity contribution < 1.29 is 4.57 Å². The number of hydrogen-bond donors (Lipinski definition) is 0. The number of aromatic nitrogens is 3. The molecule has 0 saturated heterocycles. The van der Waals surface area contributed by atoms with Gasteiger partial charge in [-0.3, -0.25) is 0 Å². The van der Waals surface area contributed by atoms with Crippen LogP contribution in [0.1, 0.15) is 48.8 Å². The smallest absolute Gasteiger partial charge is 0.213 e. The van der Waals surface area contributed by atoms with Crippen LogP contribution in [0.5, 0.6) is 0 Å². The average Bonchev–Trinajstić information content (AvgIpc) is 3.25. The second-order valence-electron chi connectivity index (χ2n) is 9.98. The number of rotatable bonds is 2. The third-order valence-electron chi connectivity index (χ3n) is 6.40. The first-order valence-corrected chi connectivity index (χ1v) is 10.8. The minimum absolute atomic E-state index is 0.255. The molecule has 5 rings (SSSR count). The molecule has 0 bridgehead atoms. The molecule has 0 saturated carbocycles. The van der Waals surface area contributed by atoms with E-state index in [2.05, 4.69) is 98.5 Å². The molecule has 0 radical (unpaired) electrons. The first kappa shape index (κ1) is 19.0. The first-order valence-electron chi connectivity index (χ1n) is 10.8. The summed E-state index contributed by atoms with van der Waals surface area (Å²) in [5.74, 6) is 1.13. The van der Waals surface area contributed by atoms with Gasteiger partial charge in [0.05, 0.1) is 11.3 Å². The van der Waals surface area contributed by atoms with E-state index in [1.165, 1.54) is 50.0 Å². The molecule has 2 aromatic heterocycles. The molecule has 3 heterocycles.